The van der Waals surface area contributed by atoms with E-state index in [9.17, 15) is 4.79 Å². The summed E-state index contributed by atoms with van der Waals surface area (Å²) in [6.45, 7) is 8.19. The molecule has 1 aromatic rings. The van der Waals surface area contributed by atoms with Crippen LogP contribution in [0.4, 0.5) is 0 Å². The molecule has 1 aliphatic heterocycles. The number of piperidine rings is 1. The number of amides is 1. The molecule has 26 heavy (non-hydrogen) atoms. The standard InChI is InChI=1S/C18H31N5O2.ClH/c1-3-25-12-9-18(7-4-8-18)13-20-17(24)16-14(2)23(22-21-16)15-5-10-19-11-6-15;/h15,19H,3-13H2,1-2H3,(H,20,24);1H. The van der Waals surface area contributed by atoms with Gasteiger partial charge in [-0.25, -0.2) is 4.68 Å². The number of carbonyl (C=O) groups excluding carboxylic acids is 1. The number of carbonyl (C=O) groups is 1. The van der Waals surface area contributed by atoms with Gasteiger partial charge in [0.05, 0.1) is 11.7 Å². The average molecular weight is 386 g/mol. The summed E-state index contributed by atoms with van der Waals surface area (Å²) in [4.78, 5) is 12.6. The van der Waals surface area contributed by atoms with Gasteiger partial charge in [-0.05, 0) is 64.5 Å². The van der Waals surface area contributed by atoms with Crippen LogP contribution in [0.2, 0.25) is 0 Å². The maximum atomic E-state index is 12.6. The van der Waals surface area contributed by atoms with Gasteiger partial charge in [-0.2, -0.15) is 0 Å². The number of hydrogen-bond donors (Lipinski definition) is 2. The molecule has 2 N–H and O–H groups in total. The molecule has 0 aromatic carbocycles. The van der Waals surface area contributed by atoms with E-state index in [4.69, 9.17) is 4.74 Å². The van der Waals surface area contributed by atoms with Crippen molar-refractivity contribution in [2.24, 2.45) is 5.41 Å². The molecule has 1 saturated carbocycles. The summed E-state index contributed by atoms with van der Waals surface area (Å²) in [6, 6.07) is 0.347. The first-order chi connectivity index (χ1) is 12.2. The Morgan fingerprint density at radius 1 is 1.38 bits per heavy atom. The van der Waals surface area contributed by atoms with Gasteiger partial charge in [-0.15, -0.1) is 17.5 Å². The number of rotatable bonds is 8. The van der Waals surface area contributed by atoms with Crippen LogP contribution in [-0.4, -0.2) is 53.7 Å². The predicted molar refractivity (Wildman–Crippen MR) is 103 cm³/mol. The lowest BCUT2D eigenvalue weighted by molar-refractivity contribution is 0.0512. The van der Waals surface area contributed by atoms with E-state index in [1.807, 2.05) is 18.5 Å². The molecule has 8 heteroatoms. The molecule has 1 aromatic heterocycles. The van der Waals surface area contributed by atoms with Crippen molar-refractivity contribution in [2.45, 2.75) is 58.4 Å². The largest absolute Gasteiger partial charge is 0.382 e. The topological polar surface area (TPSA) is 81.1 Å². The van der Waals surface area contributed by atoms with Gasteiger partial charge < -0.3 is 15.4 Å². The Labute approximate surface area is 162 Å². The first kappa shape index (κ1) is 21.1. The molecular formula is C18H32ClN5O2. The fraction of sp³-hybridized carbons (Fsp3) is 0.833. The minimum atomic E-state index is -0.0969. The van der Waals surface area contributed by atoms with E-state index in [-0.39, 0.29) is 23.7 Å². The van der Waals surface area contributed by atoms with Crippen molar-refractivity contribution in [1.29, 1.82) is 0 Å². The number of aromatic nitrogens is 3. The van der Waals surface area contributed by atoms with E-state index in [2.05, 4.69) is 20.9 Å². The molecule has 7 nitrogen and oxygen atoms in total. The van der Waals surface area contributed by atoms with Crippen LogP contribution in [0.1, 0.15) is 67.7 Å². The van der Waals surface area contributed by atoms with Gasteiger partial charge in [0.25, 0.3) is 5.91 Å². The number of nitrogens with one attached hydrogen (secondary N) is 2. The molecule has 3 rings (SSSR count). The summed E-state index contributed by atoms with van der Waals surface area (Å²) < 4.78 is 7.44. The number of ether oxygens (including phenoxy) is 1. The van der Waals surface area contributed by atoms with Gasteiger partial charge in [-0.1, -0.05) is 11.6 Å². The second-order valence-electron chi connectivity index (χ2n) is 7.43. The number of hydrogen-bond acceptors (Lipinski definition) is 5. The van der Waals surface area contributed by atoms with Crippen LogP contribution in [-0.2, 0) is 4.74 Å². The monoisotopic (exact) mass is 385 g/mol. The van der Waals surface area contributed by atoms with Crippen molar-refractivity contribution in [1.82, 2.24) is 25.6 Å². The van der Waals surface area contributed by atoms with Crippen molar-refractivity contribution < 1.29 is 9.53 Å². The highest BCUT2D eigenvalue weighted by molar-refractivity contribution is 5.93. The maximum Gasteiger partial charge on any atom is 0.273 e. The first-order valence-electron chi connectivity index (χ1n) is 9.64. The quantitative estimate of drug-likeness (QED) is 0.671. The zero-order valence-electron chi connectivity index (χ0n) is 15.9. The molecule has 148 valence electrons. The molecule has 0 unspecified atom stereocenters. The highest BCUT2D eigenvalue weighted by Crippen LogP contribution is 2.43. The number of nitrogens with zero attached hydrogens (tertiary/aromatic N) is 3. The van der Waals surface area contributed by atoms with Gasteiger partial charge >= 0.3 is 0 Å². The summed E-state index contributed by atoms with van der Waals surface area (Å²) >= 11 is 0. The zero-order chi connectivity index (χ0) is 17.7. The molecule has 0 radical (unpaired) electrons. The molecular weight excluding hydrogens is 354 g/mol. The van der Waals surface area contributed by atoms with Crippen molar-refractivity contribution >= 4 is 18.3 Å². The lowest BCUT2D eigenvalue weighted by Crippen LogP contribution is -2.43. The van der Waals surface area contributed by atoms with E-state index >= 15 is 0 Å². The zero-order valence-corrected chi connectivity index (χ0v) is 16.7. The normalized spacial score (nSPS) is 19.5. The second kappa shape index (κ2) is 9.67. The van der Waals surface area contributed by atoms with Crippen LogP contribution in [0.25, 0.3) is 0 Å². The SMILES string of the molecule is CCOCCC1(CNC(=O)c2nnn(C3CCNCC3)c2C)CCC1.Cl. The van der Waals surface area contributed by atoms with Crippen LogP contribution < -0.4 is 10.6 Å². The van der Waals surface area contributed by atoms with Gasteiger partial charge in [-0.3, -0.25) is 4.79 Å². The summed E-state index contributed by atoms with van der Waals surface area (Å²) in [7, 11) is 0. The summed E-state index contributed by atoms with van der Waals surface area (Å²) in [6.07, 6.45) is 6.66. The highest BCUT2D eigenvalue weighted by Gasteiger charge is 2.37. The van der Waals surface area contributed by atoms with E-state index in [1.54, 1.807) is 0 Å². The van der Waals surface area contributed by atoms with E-state index in [0.29, 0.717) is 18.3 Å². The van der Waals surface area contributed by atoms with Crippen LogP contribution in [0.5, 0.6) is 0 Å². The molecule has 1 amide bonds. The van der Waals surface area contributed by atoms with Crippen LogP contribution >= 0.6 is 12.4 Å². The van der Waals surface area contributed by atoms with E-state index in [0.717, 1.165) is 51.3 Å². The minimum absolute atomic E-state index is 0. The van der Waals surface area contributed by atoms with Crippen molar-refractivity contribution in [2.75, 3.05) is 32.8 Å². The molecule has 0 atom stereocenters. The average Bonchev–Trinajstić information content (AvgIpc) is 2.98. The Morgan fingerprint density at radius 3 is 2.73 bits per heavy atom. The Kier molecular flexibility index (Phi) is 7.85. The van der Waals surface area contributed by atoms with Crippen LogP contribution in [0.3, 0.4) is 0 Å². The summed E-state index contributed by atoms with van der Waals surface area (Å²) in [5, 5.41) is 14.9. The van der Waals surface area contributed by atoms with Gasteiger partial charge in [0.1, 0.15) is 0 Å². The van der Waals surface area contributed by atoms with Gasteiger partial charge in [0, 0.05) is 19.8 Å². The number of halogens is 1. The van der Waals surface area contributed by atoms with E-state index < -0.39 is 0 Å². The Hall–Kier alpha value is -1.18. The molecule has 0 spiro atoms. The predicted octanol–water partition coefficient (Wildman–Crippen LogP) is 2.26. The molecule has 1 saturated heterocycles. The van der Waals surface area contributed by atoms with Crippen LogP contribution in [0, 0.1) is 12.3 Å². The third-order valence-electron chi connectivity index (χ3n) is 5.82. The summed E-state index contributed by atoms with van der Waals surface area (Å²) in [5.41, 5.74) is 1.56. The Morgan fingerprint density at radius 2 is 2.12 bits per heavy atom. The second-order valence-corrected chi connectivity index (χ2v) is 7.43. The van der Waals surface area contributed by atoms with Crippen LogP contribution in [0.15, 0.2) is 0 Å². The molecule has 2 heterocycles. The minimum Gasteiger partial charge on any atom is -0.382 e. The summed E-state index contributed by atoms with van der Waals surface area (Å²) in [5.74, 6) is -0.0969. The third-order valence-corrected chi connectivity index (χ3v) is 5.82. The molecule has 0 bridgehead atoms. The van der Waals surface area contributed by atoms with Crippen molar-refractivity contribution in [3.8, 4) is 0 Å². The van der Waals surface area contributed by atoms with Gasteiger partial charge in [0.2, 0.25) is 0 Å². The lowest BCUT2D eigenvalue weighted by atomic mass is 9.66. The Bertz CT molecular complexity index is 582. The van der Waals surface area contributed by atoms with Crippen molar-refractivity contribution in [3.05, 3.63) is 11.4 Å². The molecule has 2 aliphatic rings. The van der Waals surface area contributed by atoms with E-state index in [1.165, 1.54) is 19.3 Å². The first-order valence-corrected chi connectivity index (χ1v) is 9.64. The fourth-order valence-corrected chi connectivity index (χ4v) is 3.93. The lowest BCUT2D eigenvalue weighted by Gasteiger charge is -2.42. The molecule has 2 fully saturated rings. The van der Waals surface area contributed by atoms with Crippen molar-refractivity contribution in [3.63, 3.8) is 0 Å². The van der Waals surface area contributed by atoms with Gasteiger partial charge in [0.15, 0.2) is 5.69 Å². The highest BCUT2D eigenvalue weighted by atomic mass is 35.5. The maximum absolute atomic E-state index is 12.6. The third kappa shape index (κ3) is 4.75. The smallest absolute Gasteiger partial charge is 0.273 e. The fourth-order valence-electron chi connectivity index (χ4n) is 3.93. The molecule has 1 aliphatic carbocycles. The Balaban J connectivity index is 0.00000243.